The van der Waals surface area contributed by atoms with Gasteiger partial charge in [-0.05, 0) is 48.1 Å². The third kappa shape index (κ3) is 4.96. The Balaban J connectivity index is 1.88. The molecule has 1 aliphatic rings. The fraction of sp³-hybridized carbons (Fsp3) is 0.304. The molecule has 2 aromatic heterocycles. The minimum absolute atomic E-state index is 0.0751. The first-order valence-electron chi connectivity index (χ1n) is 10.9. The lowest BCUT2D eigenvalue weighted by atomic mass is 10.1. The predicted molar refractivity (Wildman–Crippen MR) is 131 cm³/mol. The average molecular weight is 498 g/mol. The summed E-state index contributed by atoms with van der Waals surface area (Å²) in [4.78, 5) is 29.2. The second-order valence-corrected chi connectivity index (χ2v) is 9.30. The van der Waals surface area contributed by atoms with Crippen LogP contribution in [0.25, 0.3) is 0 Å². The van der Waals surface area contributed by atoms with E-state index in [2.05, 4.69) is 11.2 Å². The topological polar surface area (TPSA) is 156 Å². The summed E-state index contributed by atoms with van der Waals surface area (Å²) in [6, 6.07) is 8.67. The number of anilines is 1. The molecule has 1 aromatic carbocycles. The van der Waals surface area contributed by atoms with Crippen LogP contribution in [-0.2, 0) is 13.1 Å². The van der Waals surface area contributed by atoms with Crippen molar-refractivity contribution < 1.29 is 9.60 Å². The number of aromatic nitrogens is 2. The lowest BCUT2D eigenvalue weighted by Crippen LogP contribution is -2.48. The summed E-state index contributed by atoms with van der Waals surface area (Å²) >= 11 is 1.27. The van der Waals surface area contributed by atoms with E-state index in [9.17, 15) is 24.4 Å². The van der Waals surface area contributed by atoms with Gasteiger partial charge in [-0.15, -0.1) is 11.3 Å². The van der Waals surface area contributed by atoms with Gasteiger partial charge in [0.25, 0.3) is 5.56 Å². The number of rotatable bonds is 6. The minimum Gasteiger partial charge on any atom is -0.409 e. The van der Waals surface area contributed by atoms with E-state index in [1.807, 2.05) is 4.90 Å². The first-order chi connectivity index (χ1) is 16.8. The maximum Gasteiger partial charge on any atom is 0.333 e. The molecule has 4 rings (SSSR count). The Morgan fingerprint density at radius 1 is 1.26 bits per heavy atom. The molecule has 0 aliphatic carbocycles. The van der Waals surface area contributed by atoms with Gasteiger partial charge < -0.3 is 21.6 Å². The maximum atomic E-state index is 14.2. The molecule has 0 unspecified atom stereocenters. The fourth-order valence-corrected chi connectivity index (χ4v) is 5.06. The number of hydrogen-bond donors (Lipinski definition) is 3. The van der Waals surface area contributed by atoms with Crippen molar-refractivity contribution in [2.75, 3.05) is 18.0 Å². The number of nitrogens with two attached hydrogens (primary N) is 2. The zero-order valence-electron chi connectivity index (χ0n) is 18.7. The Kier molecular flexibility index (Phi) is 6.99. The molecule has 35 heavy (non-hydrogen) atoms. The number of nitriles is 1. The highest BCUT2D eigenvalue weighted by molar-refractivity contribution is 7.10. The number of piperidine rings is 1. The number of nitrogens with zero attached hydrogens (tertiary/aromatic N) is 5. The van der Waals surface area contributed by atoms with Gasteiger partial charge in [-0.25, -0.2) is 9.18 Å². The van der Waals surface area contributed by atoms with Gasteiger partial charge in [0.05, 0.1) is 18.7 Å². The van der Waals surface area contributed by atoms with E-state index in [1.165, 1.54) is 40.2 Å². The Bertz CT molecular complexity index is 1440. The van der Waals surface area contributed by atoms with Crippen molar-refractivity contribution in [3.63, 3.8) is 0 Å². The maximum absolute atomic E-state index is 14.2. The van der Waals surface area contributed by atoms with Crippen molar-refractivity contribution in [3.8, 4) is 6.07 Å². The minimum atomic E-state index is -0.626. The van der Waals surface area contributed by atoms with E-state index in [0.717, 1.165) is 17.4 Å². The standard InChI is InChI=1S/C23H24FN7O3S/c24-16-3-4-18(22(27)28-34)15(8-16)11-30-20(29-6-1-2-17(26)12-29)9-21(32)31(23(30)33)13-19-14(10-25)5-7-35-19/h3-5,7-9,17,34H,1-2,6,11-13,26H2,(H2,27,28)/t17-/m1/s1. The van der Waals surface area contributed by atoms with Gasteiger partial charge >= 0.3 is 5.69 Å². The lowest BCUT2D eigenvalue weighted by molar-refractivity contribution is 0.318. The summed E-state index contributed by atoms with van der Waals surface area (Å²) in [5, 5.41) is 23.2. The summed E-state index contributed by atoms with van der Waals surface area (Å²) in [6.07, 6.45) is 1.61. The number of benzene rings is 1. The van der Waals surface area contributed by atoms with E-state index in [-0.39, 0.29) is 30.5 Å². The van der Waals surface area contributed by atoms with Crippen LogP contribution in [0.15, 0.2) is 50.5 Å². The summed E-state index contributed by atoms with van der Waals surface area (Å²) in [5.41, 5.74) is 11.7. The van der Waals surface area contributed by atoms with Crippen LogP contribution in [0.4, 0.5) is 10.2 Å². The number of hydrogen-bond acceptors (Lipinski definition) is 8. The first-order valence-corrected chi connectivity index (χ1v) is 11.8. The van der Waals surface area contributed by atoms with Crippen molar-refractivity contribution in [1.82, 2.24) is 9.13 Å². The third-order valence-corrected chi connectivity index (χ3v) is 6.89. The summed E-state index contributed by atoms with van der Waals surface area (Å²) < 4.78 is 16.6. The second kappa shape index (κ2) is 10.1. The molecule has 12 heteroatoms. The molecular formula is C23H24FN7O3S. The summed E-state index contributed by atoms with van der Waals surface area (Å²) in [6.45, 7) is 0.826. The molecule has 1 saturated heterocycles. The number of oxime groups is 1. The number of thiophene rings is 1. The number of amidine groups is 1. The Morgan fingerprint density at radius 3 is 2.77 bits per heavy atom. The van der Waals surface area contributed by atoms with Crippen molar-refractivity contribution in [2.45, 2.75) is 32.0 Å². The molecule has 0 amide bonds. The Labute approximate surface area is 203 Å². The average Bonchev–Trinajstić information content (AvgIpc) is 3.30. The van der Waals surface area contributed by atoms with Crippen molar-refractivity contribution >= 4 is 23.0 Å². The van der Waals surface area contributed by atoms with Gasteiger partial charge in [-0.3, -0.25) is 13.9 Å². The largest absolute Gasteiger partial charge is 0.409 e. The van der Waals surface area contributed by atoms with Crippen molar-refractivity contribution in [2.24, 2.45) is 16.6 Å². The quantitative estimate of drug-likeness (QED) is 0.200. The Hall–Kier alpha value is -3.95. The van der Waals surface area contributed by atoms with Crippen LogP contribution >= 0.6 is 11.3 Å². The predicted octanol–water partition coefficient (Wildman–Crippen LogP) is 1.20. The molecule has 0 radical (unpaired) electrons. The third-order valence-electron chi connectivity index (χ3n) is 5.99. The van der Waals surface area contributed by atoms with Gasteiger partial charge in [0.2, 0.25) is 0 Å². The molecule has 1 atom stereocenters. The van der Waals surface area contributed by atoms with E-state index in [1.54, 1.807) is 11.4 Å². The van der Waals surface area contributed by atoms with Crippen molar-refractivity contribution in [3.05, 3.63) is 83.9 Å². The molecule has 182 valence electrons. The molecule has 0 saturated carbocycles. The van der Waals surface area contributed by atoms with E-state index >= 15 is 0 Å². The van der Waals surface area contributed by atoms with Crippen LogP contribution in [0.3, 0.4) is 0 Å². The smallest absolute Gasteiger partial charge is 0.333 e. The molecule has 1 fully saturated rings. The van der Waals surface area contributed by atoms with Gasteiger partial charge in [0.1, 0.15) is 17.7 Å². The fourth-order valence-electron chi connectivity index (χ4n) is 4.25. The monoisotopic (exact) mass is 497 g/mol. The first kappa shape index (κ1) is 24.2. The highest BCUT2D eigenvalue weighted by Gasteiger charge is 2.23. The lowest BCUT2D eigenvalue weighted by Gasteiger charge is -2.34. The molecule has 3 aromatic rings. The molecule has 10 nitrogen and oxygen atoms in total. The number of halogens is 1. The van der Waals surface area contributed by atoms with Crippen LogP contribution in [-0.4, -0.2) is 39.3 Å². The zero-order chi connectivity index (χ0) is 25.1. The Morgan fingerprint density at radius 2 is 2.06 bits per heavy atom. The molecular weight excluding hydrogens is 473 g/mol. The summed E-state index contributed by atoms with van der Waals surface area (Å²) in [7, 11) is 0. The van der Waals surface area contributed by atoms with Crippen LogP contribution in [0.5, 0.6) is 0 Å². The van der Waals surface area contributed by atoms with E-state index in [0.29, 0.717) is 34.9 Å². The van der Waals surface area contributed by atoms with Crippen LogP contribution in [0, 0.1) is 17.1 Å². The molecule has 3 heterocycles. The van der Waals surface area contributed by atoms with Gasteiger partial charge in [-0.2, -0.15) is 5.26 Å². The second-order valence-electron chi connectivity index (χ2n) is 8.30. The van der Waals surface area contributed by atoms with Gasteiger partial charge in [-0.1, -0.05) is 5.16 Å². The van der Waals surface area contributed by atoms with Crippen LogP contribution in [0.1, 0.15) is 34.4 Å². The molecule has 0 bridgehead atoms. The van der Waals surface area contributed by atoms with Gasteiger partial charge in [0.15, 0.2) is 5.84 Å². The summed E-state index contributed by atoms with van der Waals surface area (Å²) in [5.74, 6) is -0.442. The van der Waals surface area contributed by atoms with E-state index < -0.39 is 17.1 Å². The highest BCUT2D eigenvalue weighted by atomic mass is 32.1. The molecule has 5 N–H and O–H groups in total. The highest BCUT2D eigenvalue weighted by Crippen LogP contribution is 2.21. The van der Waals surface area contributed by atoms with Crippen molar-refractivity contribution in [1.29, 1.82) is 5.26 Å². The normalized spacial score (nSPS) is 16.3. The van der Waals surface area contributed by atoms with Crippen LogP contribution in [0.2, 0.25) is 0 Å². The molecule has 1 aliphatic heterocycles. The van der Waals surface area contributed by atoms with Gasteiger partial charge in [0, 0.05) is 35.6 Å². The SMILES string of the molecule is N#Cc1ccsc1Cn1c(=O)cc(N2CCC[C@@H](N)C2)n(Cc2cc(F)ccc2/C(N)=N\O)c1=O. The van der Waals surface area contributed by atoms with Crippen LogP contribution < -0.4 is 27.6 Å². The molecule has 0 spiro atoms. The zero-order valence-corrected chi connectivity index (χ0v) is 19.5. The van der Waals surface area contributed by atoms with E-state index in [4.69, 9.17) is 11.5 Å².